The summed E-state index contributed by atoms with van der Waals surface area (Å²) in [5.74, 6) is 4.40. The summed E-state index contributed by atoms with van der Waals surface area (Å²) in [7, 11) is 0. The Morgan fingerprint density at radius 3 is 1.77 bits per heavy atom. The van der Waals surface area contributed by atoms with Crippen LogP contribution in [-0.2, 0) is 16.0 Å². The van der Waals surface area contributed by atoms with Crippen molar-refractivity contribution in [3.05, 3.63) is 60.2 Å². The number of rotatable bonds is 2. The molecule has 0 radical (unpaired) electrons. The molecule has 0 amide bonds. The molecule has 0 aromatic heterocycles. The average Bonchev–Trinajstić information content (AvgIpc) is 2.79. The second-order valence-electron chi connectivity index (χ2n) is 7.52. The Bertz CT molecular complexity index is 863. The fourth-order valence-corrected chi connectivity index (χ4v) is 5.58. The number of hydrogen-bond donors (Lipinski definition) is 0. The Kier molecular flexibility index (Phi) is 8.76. The number of hydrogen-bond acceptors (Lipinski definition) is 5. The van der Waals surface area contributed by atoms with E-state index in [1.807, 2.05) is 23.5 Å². The minimum absolute atomic E-state index is 0.714. The van der Waals surface area contributed by atoms with Gasteiger partial charge in [0.1, 0.15) is 0 Å². The molecule has 1 aliphatic rings. The summed E-state index contributed by atoms with van der Waals surface area (Å²) >= 11 is 3.98. The maximum atomic E-state index is 5.66. The third-order valence-corrected chi connectivity index (χ3v) is 7.34. The van der Waals surface area contributed by atoms with Crippen LogP contribution in [0.4, 0.5) is 0 Å². The molecule has 1 heterocycles. The molecule has 5 heteroatoms. The van der Waals surface area contributed by atoms with Gasteiger partial charge in [0.2, 0.25) is 0 Å². The van der Waals surface area contributed by atoms with Gasteiger partial charge in [-0.3, -0.25) is 4.90 Å². The van der Waals surface area contributed by atoms with Gasteiger partial charge in [0.15, 0.2) is 0 Å². The molecule has 0 N–H and O–H groups in total. The van der Waals surface area contributed by atoms with Gasteiger partial charge in [0, 0.05) is 42.6 Å². The normalized spacial score (nSPS) is 18.8. The second kappa shape index (κ2) is 12.0. The molecule has 4 rings (SSSR count). The van der Waals surface area contributed by atoms with Crippen LogP contribution in [0.1, 0.15) is 5.56 Å². The zero-order chi connectivity index (χ0) is 20.4. The highest BCUT2D eigenvalue weighted by molar-refractivity contribution is 7.99. The largest absolute Gasteiger partial charge is 0.378 e. The van der Waals surface area contributed by atoms with Crippen LogP contribution in [0.2, 0.25) is 0 Å². The number of thioether (sulfide) groups is 2. The zero-order valence-corrected chi connectivity index (χ0v) is 19.2. The number of nitrogens with zero attached hydrogens (tertiary/aromatic N) is 1. The van der Waals surface area contributed by atoms with Crippen molar-refractivity contribution >= 4 is 45.1 Å². The number of benzene rings is 3. The van der Waals surface area contributed by atoms with Gasteiger partial charge in [-0.1, -0.05) is 48.5 Å². The lowest BCUT2D eigenvalue weighted by atomic mass is 9.96. The van der Waals surface area contributed by atoms with Gasteiger partial charge in [-0.15, -0.1) is 0 Å². The fraction of sp³-hybridized carbons (Fsp3) is 0.440. The lowest BCUT2D eigenvalue weighted by Gasteiger charge is -2.24. The summed E-state index contributed by atoms with van der Waals surface area (Å²) in [6, 6.07) is 20.0. The Morgan fingerprint density at radius 2 is 1.20 bits per heavy atom. The van der Waals surface area contributed by atoms with Crippen LogP contribution in [-0.4, -0.2) is 67.4 Å². The quantitative estimate of drug-likeness (QED) is 0.501. The van der Waals surface area contributed by atoms with Crippen molar-refractivity contribution in [2.45, 2.75) is 6.54 Å². The molecule has 3 aromatic rings. The second-order valence-corrected chi connectivity index (χ2v) is 9.97. The molecule has 3 nitrogen and oxygen atoms in total. The van der Waals surface area contributed by atoms with Gasteiger partial charge in [-0.2, -0.15) is 23.5 Å². The van der Waals surface area contributed by atoms with E-state index in [1.165, 1.54) is 27.1 Å². The summed E-state index contributed by atoms with van der Waals surface area (Å²) in [6.45, 7) is 6.28. The first-order valence-corrected chi connectivity index (χ1v) is 13.2. The van der Waals surface area contributed by atoms with Gasteiger partial charge in [0.25, 0.3) is 0 Å². The van der Waals surface area contributed by atoms with Crippen LogP contribution in [0.15, 0.2) is 54.6 Å². The molecule has 0 unspecified atom stereocenters. The third-order valence-electron chi connectivity index (χ3n) is 5.48. The Morgan fingerprint density at radius 1 is 0.667 bits per heavy atom. The van der Waals surface area contributed by atoms with Crippen LogP contribution >= 0.6 is 23.5 Å². The van der Waals surface area contributed by atoms with Gasteiger partial charge in [0.05, 0.1) is 26.4 Å². The van der Waals surface area contributed by atoms with Crippen LogP contribution in [0.25, 0.3) is 21.5 Å². The third kappa shape index (κ3) is 6.14. The first-order chi connectivity index (χ1) is 14.9. The summed E-state index contributed by atoms with van der Waals surface area (Å²) in [4.78, 5) is 2.63. The Hall–Kier alpha value is -1.24. The van der Waals surface area contributed by atoms with Crippen molar-refractivity contribution in [3.8, 4) is 0 Å². The molecule has 1 saturated heterocycles. The van der Waals surface area contributed by atoms with Crippen LogP contribution < -0.4 is 0 Å². The van der Waals surface area contributed by atoms with Crippen LogP contribution in [0.3, 0.4) is 0 Å². The van der Waals surface area contributed by atoms with Crippen molar-refractivity contribution < 1.29 is 9.47 Å². The van der Waals surface area contributed by atoms with Crippen LogP contribution in [0.5, 0.6) is 0 Å². The van der Waals surface area contributed by atoms with Crippen molar-refractivity contribution in [1.82, 2.24) is 4.90 Å². The number of fused-ring (bicyclic) bond motifs is 2. The molecule has 160 valence electrons. The van der Waals surface area contributed by atoms with Crippen LogP contribution in [0, 0.1) is 0 Å². The average molecular weight is 442 g/mol. The molecule has 0 aliphatic carbocycles. The smallest absolute Gasteiger partial charge is 0.0700 e. The predicted molar refractivity (Wildman–Crippen MR) is 133 cm³/mol. The van der Waals surface area contributed by atoms with E-state index in [2.05, 4.69) is 59.5 Å². The van der Waals surface area contributed by atoms with E-state index >= 15 is 0 Å². The minimum Gasteiger partial charge on any atom is -0.378 e. The van der Waals surface area contributed by atoms with E-state index in [-0.39, 0.29) is 0 Å². The maximum absolute atomic E-state index is 5.66. The lowest BCUT2D eigenvalue weighted by Crippen LogP contribution is -2.28. The molecule has 0 saturated carbocycles. The molecule has 0 atom stereocenters. The molecular weight excluding hydrogens is 410 g/mol. The van der Waals surface area contributed by atoms with E-state index < -0.39 is 0 Å². The van der Waals surface area contributed by atoms with E-state index in [0.717, 1.165) is 55.9 Å². The fourth-order valence-electron chi connectivity index (χ4n) is 3.92. The van der Waals surface area contributed by atoms with Gasteiger partial charge in [-0.05, 0) is 33.2 Å². The minimum atomic E-state index is 0.714. The summed E-state index contributed by atoms with van der Waals surface area (Å²) in [6.07, 6.45) is 0. The van der Waals surface area contributed by atoms with Gasteiger partial charge >= 0.3 is 0 Å². The standard InChI is InChI=1S/C25H31NO2S2/c1-3-7-23-21(5-1)19-22-6-2-4-8-24(22)25(23)20-26-9-15-29-17-13-27-11-12-28-14-18-30-16-10-26/h1-8,19H,9-18,20H2. The first-order valence-electron chi connectivity index (χ1n) is 10.8. The molecular formula is C25H31NO2S2. The predicted octanol–water partition coefficient (Wildman–Crippen LogP) is 5.31. The van der Waals surface area contributed by atoms with E-state index in [4.69, 9.17) is 9.47 Å². The van der Waals surface area contributed by atoms with E-state index in [9.17, 15) is 0 Å². The van der Waals surface area contributed by atoms with Crippen molar-refractivity contribution in [2.75, 3.05) is 62.5 Å². The topological polar surface area (TPSA) is 21.7 Å². The molecule has 0 spiro atoms. The van der Waals surface area contributed by atoms with Gasteiger partial charge in [-0.25, -0.2) is 0 Å². The van der Waals surface area contributed by atoms with Crippen molar-refractivity contribution in [2.24, 2.45) is 0 Å². The molecule has 1 fully saturated rings. The molecule has 3 aromatic carbocycles. The highest BCUT2D eigenvalue weighted by Crippen LogP contribution is 2.29. The highest BCUT2D eigenvalue weighted by Gasteiger charge is 2.13. The highest BCUT2D eigenvalue weighted by atomic mass is 32.2. The molecule has 30 heavy (non-hydrogen) atoms. The SMILES string of the molecule is c1ccc2c(CN3CCSCCOCCOCCSCC3)c3ccccc3cc2c1. The Balaban J connectivity index is 1.54. The monoisotopic (exact) mass is 441 g/mol. The molecule has 1 aliphatic heterocycles. The summed E-state index contributed by atoms with van der Waals surface area (Å²) < 4.78 is 11.3. The number of ether oxygens (including phenoxy) is 2. The van der Waals surface area contributed by atoms with E-state index in [0.29, 0.717) is 13.2 Å². The summed E-state index contributed by atoms with van der Waals surface area (Å²) in [5, 5.41) is 5.44. The summed E-state index contributed by atoms with van der Waals surface area (Å²) in [5.41, 5.74) is 1.46. The zero-order valence-electron chi connectivity index (χ0n) is 17.6. The van der Waals surface area contributed by atoms with E-state index in [1.54, 1.807) is 0 Å². The lowest BCUT2D eigenvalue weighted by molar-refractivity contribution is 0.0605. The Labute approximate surface area is 188 Å². The first kappa shape index (κ1) is 22.0. The van der Waals surface area contributed by atoms with Gasteiger partial charge < -0.3 is 9.47 Å². The maximum Gasteiger partial charge on any atom is 0.0700 e. The molecule has 0 bridgehead atoms. The van der Waals surface area contributed by atoms with Crippen molar-refractivity contribution in [3.63, 3.8) is 0 Å². The van der Waals surface area contributed by atoms with Crippen molar-refractivity contribution in [1.29, 1.82) is 0 Å².